The van der Waals surface area contributed by atoms with E-state index in [0.29, 0.717) is 0 Å². The maximum Gasteiger partial charge on any atom is 0.255 e. The van der Waals surface area contributed by atoms with Gasteiger partial charge in [-0.1, -0.05) is 11.6 Å². The van der Waals surface area contributed by atoms with Crippen LogP contribution in [0.5, 0.6) is 0 Å². The van der Waals surface area contributed by atoms with Crippen LogP contribution in [0, 0.1) is 5.82 Å². The van der Waals surface area contributed by atoms with E-state index in [9.17, 15) is 9.18 Å². The molecule has 0 spiro atoms. The summed E-state index contributed by atoms with van der Waals surface area (Å²) in [5, 5.41) is 8.99. The van der Waals surface area contributed by atoms with Crippen LogP contribution in [-0.2, 0) is 0 Å². The zero-order chi connectivity index (χ0) is 13.0. The van der Waals surface area contributed by atoms with Crippen molar-refractivity contribution in [1.29, 1.82) is 0 Å². The molecule has 0 saturated carbocycles. The molecule has 0 unspecified atom stereocenters. The molecule has 0 heterocycles. The van der Waals surface area contributed by atoms with E-state index >= 15 is 0 Å². The van der Waals surface area contributed by atoms with E-state index < -0.39 is 5.82 Å². The average molecular weight is 260 g/mol. The summed E-state index contributed by atoms with van der Waals surface area (Å²) in [6, 6.07) is 3.59. The largest absolute Gasteiger partial charge is 0.395 e. The number of halogens is 2. The predicted molar refractivity (Wildman–Crippen MR) is 64.7 cm³/mol. The van der Waals surface area contributed by atoms with Crippen LogP contribution in [0.2, 0.25) is 5.02 Å². The fourth-order valence-electron chi connectivity index (χ4n) is 1.52. The molecule has 1 aromatic rings. The Labute approximate surface area is 105 Å². The number of rotatable bonds is 4. The van der Waals surface area contributed by atoms with Gasteiger partial charge < -0.3 is 10.0 Å². The van der Waals surface area contributed by atoms with Gasteiger partial charge in [0.1, 0.15) is 5.82 Å². The summed E-state index contributed by atoms with van der Waals surface area (Å²) in [6.45, 7) is 3.78. The van der Waals surface area contributed by atoms with Crippen LogP contribution < -0.4 is 0 Å². The molecule has 0 atom stereocenters. The van der Waals surface area contributed by atoms with Crippen molar-refractivity contribution in [3.8, 4) is 0 Å². The summed E-state index contributed by atoms with van der Waals surface area (Å²) < 4.78 is 12.9. The van der Waals surface area contributed by atoms with Crippen LogP contribution in [0.25, 0.3) is 0 Å². The van der Waals surface area contributed by atoms with Gasteiger partial charge in [-0.25, -0.2) is 4.39 Å². The third-order valence-electron chi connectivity index (χ3n) is 2.39. The van der Waals surface area contributed by atoms with Crippen molar-refractivity contribution in [2.45, 2.75) is 19.9 Å². The van der Waals surface area contributed by atoms with Crippen LogP contribution in [0.3, 0.4) is 0 Å². The molecule has 1 aromatic carbocycles. The molecule has 1 N–H and O–H groups in total. The van der Waals surface area contributed by atoms with E-state index in [0.717, 1.165) is 6.07 Å². The molecule has 0 aliphatic rings. The Balaban J connectivity index is 3.01. The van der Waals surface area contributed by atoms with Crippen molar-refractivity contribution in [3.63, 3.8) is 0 Å². The summed E-state index contributed by atoms with van der Waals surface area (Å²) >= 11 is 5.82. The molecule has 5 heteroatoms. The molecule has 0 fully saturated rings. The minimum atomic E-state index is -0.482. The van der Waals surface area contributed by atoms with Gasteiger partial charge in [0.25, 0.3) is 5.91 Å². The Morgan fingerprint density at radius 1 is 1.53 bits per heavy atom. The second-order valence-corrected chi connectivity index (χ2v) is 4.35. The zero-order valence-electron chi connectivity index (χ0n) is 9.78. The summed E-state index contributed by atoms with van der Waals surface area (Å²) in [6.07, 6.45) is 0. The number of aliphatic hydroxyl groups excluding tert-OH is 1. The quantitative estimate of drug-likeness (QED) is 0.902. The fourth-order valence-corrected chi connectivity index (χ4v) is 1.77. The smallest absolute Gasteiger partial charge is 0.255 e. The number of carbonyl (C=O) groups excluding carboxylic acids is 1. The van der Waals surface area contributed by atoms with Crippen LogP contribution in [0.4, 0.5) is 4.39 Å². The highest BCUT2D eigenvalue weighted by Crippen LogP contribution is 2.19. The summed E-state index contributed by atoms with van der Waals surface area (Å²) in [5.74, 6) is -0.788. The molecular formula is C12H15ClFNO2. The van der Waals surface area contributed by atoms with Gasteiger partial charge >= 0.3 is 0 Å². The topological polar surface area (TPSA) is 40.5 Å². The first-order chi connectivity index (χ1) is 7.97. The van der Waals surface area contributed by atoms with Crippen LogP contribution in [0.15, 0.2) is 18.2 Å². The lowest BCUT2D eigenvalue weighted by atomic mass is 10.1. The van der Waals surface area contributed by atoms with Crippen molar-refractivity contribution in [2.24, 2.45) is 0 Å². The van der Waals surface area contributed by atoms with E-state index in [1.54, 1.807) is 0 Å². The summed E-state index contributed by atoms with van der Waals surface area (Å²) in [4.78, 5) is 13.6. The Hall–Kier alpha value is -1.13. The molecule has 17 heavy (non-hydrogen) atoms. The third-order valence-corrected chi connectivity index (χ3v) is 2.70. The number of hydrogen-bond acceptors (Lipinski definition) is 2. The SMILES string of the molecule is CC(C)N(CCO)C(=O)c1ccc(F)cc1Cl. The number of nitrogens with zero attached hydrogens (tertiary/aromatic N) is 1. The number of hydrogen-bond donors (Lipinski definition) is 1. The van der Waals surface area contributed by atoms with Crippen molar-refractivity contribution in [3.05, 3.63) is 34.6 Å². The maximum atomic E-state index is 12.9. The maximum absolute atomic E-state index is 12.9. The van der Waals surface area contributed by atoms with Crippen molar-refractivity contribution < 1.29 is 14.3 Å². The first-order valence-corrected chi connectivity index (χ1v) is 5.72. The summed E-state index contributed by atoms with van der Waals surface area (Å²) in [5.41, 5.74) is 0.246. The minimum Gasteiger partial charge on any atom is -0.395 e. The molecule has 0 bridgehead atoms. The minimum absolute atomic E-state index is 0.0595. The Bertz CT molecular complexity index is 409. The first kappa shape index (κ1) is 13.9. The lowest BCUT2D eigenvalue weighted by Gasteiger charge is -2.26. The van der Waals surface area contributed by atoms with Gasteiger partial charge in [-0.2, -0.15) is 0 Å². The van der Waals surface area contributed by atoms with E-state index in [4.69, 9.17) is 16.7 Å². The monoisotopic (exact) mass is 259 g/mol. The highest BCUT2D eigenvalue weighted by atomic mass is 35.5. The molecule has 0 radical (unpaired) electrons. The van der Waals surface area contributed by atoms with Crippen molar-refractivity contribution in [1.82, 2.24) is 4.90 Å². The molecule has 0 aliphatic heterocycles. The van der Waals surface area contributed by atoms with Gasteiger partial charge in [-0.3, -0.25) is 4.79 Å². The van der Waals surface area contributed by atoms with Crippen LogP contribution in [-0.4, -0.2) is 35.1 Å². The number of carbonyl (C=O) groups is 1. The van der Waals surface area contributed by atoms with Gasteiger partial charge in [0.15, 0.2) is 0 Å². The van der Waals surface area contributed by atoms with Gasteiger partial charge in [0.05, 0.1) is 17.2 Å². The predicted octanol–water partition coefficient (Wildman–Crippen LogP) is 2.32. The van der Waals surface area contributed by atoms with E-state index in [1.807, 2.05) is 13.8 Å². The Kier molecular flexibility index (Phi) is 4.90. The second kappa shape index (κ2) is 5.98. The first-order valence-electron chi connectivity index (χ1n) is 5.34. The lowest BCUT2D eigenvalue weighted by Crippen LogP contribution is -2.39. The highest BCUT2D eigenvalue weighted by molar-refractivity contribution is 6.33. The molecule has 0 aliphatic carbocycles. The summed E-state index contributed by atoms with van der Waals surface area (Å²) in [7, 11) is 0. The van der Waals surface area contributed by atoms with Crippen molar-refractivity contribution >= 4 is 17.5 Å². The van der Waals surface area contributed by atoms with E-state index in [-0.39, 0.29) is 35.7 Å². The highest BCUT2D eigenvalue weighted by Gasteiger charge is 2.20. The zero-order valence-corrected chi connectivity index (χ0v) is 10.5. The Morgan fingerprint density at radius 3 is 2.65 bits per heavy atom. The normalized spacial score (nSPS) is 10.7. The molecule has 0 aromatic heterocycles. The van der Waals surface area contributed by atoms with Crippen LogP contribution >= 0.6 is 11.6 Å². The van der Waals surface area contributed by atoms with Crippen molar-refractivity contribution in [2.75, 3.05) is 13.2 Å². The van der Waals surface area contributed by atoms with Gasteiger partial charge in [-0.15, -0.1) is 0 Å². The molecule has 1 amide bonds. The third kappa shape index (κ3) is 3.41. The second-order valence-electron chi connectivity index (χ2n) is 3.94. The van der Waals surface area contributed by atoms with Gasteiger partial charge in [0.2, 0.25) is 0 Å². The average Bonchev–Trinajstić information content (AvgIpc) is 2.24. The molecule has 1 rings (SSSR count). The number of amides is 1. The molecular weight excluding hydrogens is 245 g/mol. The van der Waals surface area contributed by atoms with Gasteiger partial charge in [-0.05, 0) is 32.0 Å². The lowest BCUT2D eigenvalue weighted by molar-refractivity contribution is 0.0665. The molecule has 3 nitrogen and oxygen atoms in total. The fraction of sp³-hybridized carbons (Fsp3) is 0.417. The standard InChI is InChI=1S/C12H15ClFNO2/c1-8(2)15(5-6-16)12(17)10-4-3-9(14)7-11(10)13/h3-4,7-8,16H,5-6H2,1-2H3. The van der Waals surface area contributed by atoms with Gasteiger partial charge in [0, 0.05) is 12.6 Å². The molecule has 0 saturated heterocycles. The van der Waals surface area contributed by atoms with E-state index in [2.05, 4.69) is 0 Å². The molecule has 94 valence electrons. The van der Waals surface area contributed by atoms with E-state index in [1.165, 1.54) is 17.0 Å². The Morgan fingerprint density at radius 2 is 2.18 bits per heavy atom. The number of aliphatic hydroxyl groups is 1. The number of benzene rings is 1. The van der Waals surface area contributed by atoms with Crippen LogP contribution in [0.1, 0.15) is 24.2 Å².